The minimum Gasteiger partial charge on any atom is -0.494 e. The molecule has 1 aliphatic carbocycles. The van der Waals surface area contributed by atoms with Crippen molar-refractivity contribution in [2.24, 2.45) is 0 Å². The Bertz CT molecular complexity index is 1260. The van der Waals surface area contributed by atoms with Crippen LogP contribution in [0.5, 0.6) is 5.75 Å². The summed E-state index contributed by atoms with van der Waals surface area (Å²) >= 11 is 2.95. The van der Waals surface area contributed by atoms with Crippen molar-refractivity contribution in [2.45, 2.75) is 57.4 Å². The lowest BCUT2D eigenvalue weighted by Crippen LogP contribution is -2.48. The van der Waals surface area contributed by atoms with Gasteiger partial charge in [-0.15, -0.1) is 11.3 Å². The van der Waals surface area contributed by atoms with Gasteiger partial charge < -0.3 is 14.4 Å². The summed E-state index contributed by atoms with van der Waals surface area (Å²) in [5.74, 6) is 1.01. The van der Waals surface area contributed by atoms with Gasteiger partial charge in [-0.1, -0.05) is 11.8 Å². The van der Waals surface area contributed by atoms with Crippen LogP contribution in [0.1, 0.15) is 37.6 Å². The third-order valence-electron chi connectivity index (χ3n) is 6.21. The highest BCUT2D eigenvalue weighted by atomic mass is 32.2. The van der Waals surface area contributed by atoms with E-state index < -0.39 is 0 Å². The second kappa shape index (κ2) is 9.71. The molecule has 1 aliphatic heterocycles. The van der Waals surface area contributed by atoms with Crippen molar-refractivity contribution in [1.29, 1.82) is 0 Å². The fourth-order valence-electron chi connectivity index (χ4n) is 4.81. The molecule has 1 saturated heterocycles. The summed E-state index contributed by atoms with van der Waals surface area (Å²) in [6, 6.07) is 7.49. The smallest absolute Gasteiger partial charge is 0.267 e. The first-order chi connectivity index (χ1) is 16.4. The molecule has 0 spiro atoms. The molecule has 0 unspecified atom stereocenters. The first-order valence-electron chi connectivity index (χ1n) is 11.8. The number of ether oxygens (including phenoxy) is 2. The Kier molecular flexibility index (Phi) is 6.68. The number of morpholine rings is 1. The molecule has 1 amide bonds. The molecule has 7 nitrogen and oxygen atoms in total. The lowest BCUT2D eigenvalue weighted by Gasteiger charge is -2.35. The number of aryl methyl sites for hydroxylation is 2. The molecule has 9 heteroatoms. The van der Waals surface area contributed by atoms with E-state index in [2.05, 4.69) is 0 Å². The normalized spacial score (nSPS) is 20.0. The molecule has 0 bridgehead atoms. The first kappa shape index (κ1) is 23.4. The van der Waals surface area contributed by atoms with E-state index in [0.717, 1.165) is 46.5 Å². The molecule has 5 rings (SSSR count). The van der Waals surface area contributed by atoms with Crippen LogP contribution in [0.2, 0.25) is 0 Å². The van der Waals surface area contributed by atoms with E-state index in [1.54, 1.807) is 15.9 Å². The summed E-state index contributed by atoms with van der Waals surface area (Å²) in [6.07, 6.45) is 3.05. The summed E-state index contributed by atoms with van der Waals surface area (Å²) in [4.78, 5) is 35.6. The van der Waals surface area contributed by atoms with Crippen LogP contribution in [0.3, 0.4) is 0 Å². The summed E-state index contributed by atoms with van der Waals surface area (Å²) in [5, 5.41) is 1.28. The Labute approximate surface area is 207 Å². The lowest BCUT2D eigenvalue weighted by molar-refractivity contribution is -0.140. The van der Waals surface area contributed by atoms with Crippen molar-refractivity contribution in [3.05, 3.63) is 45.1 Å². The maximum atomic E-state index is 13.8. The van der Waals surface area contributed by atoms with Crippen LogP contribution in [-0.2, 0) is 22.4 Å². The third kappa shape index (κ3) is 4.48. The molecule has 3 heterocycles. The largest absolute Gasteiger partial charge is 0.494 e. The lowest BCUT2D eigenvalue weighted by atomic mass is 10.2. The van der Waals surface area contributed by atoms with Crippen molar-refractivity contribution in [3.8, 4) is 11.4 Å². The predicted octanol–water partition coefficient (Wildman–Crippen LogP) is 4.06. The zero-order valence-corrected chi connectivity index (χ0v) is 21.3. The molecule has 2 aliphatic rings. The van der Waals surface area contributed by atoms with E-state index in [1.807, 2.05) is 49.9 Å². The van der Waals surface area contributed by atoms with E-state index in [4.69, 9.17) is 14.5 Å². The number of nitrogens with zero attached hydrogens (tertiary/aromatic N) is 3. The second-order valence-corrected chi connectivity index (χ2v) is 10.9. The van der Waals surface area contributed by atoms with Gasteiger partial charge in [-0.05, 0) is 69.9 Å². The maximum Gasteiger partial charge on any atom is 0.267 e. The SMILES string of the molecule is CCOc1ccc(-n2c(SCC(=O)N3C[C@H](C)O[C@@H](C)C3)nc3sc4c(c3c2=O)CCC4)cc1. The molecule has 0 N–H and O–H groups in total. The Morgan fingerprint density at radius 1 is 1.21 bits per heavy atom. The third-order valence-corrected chi connectivity index (χ3v) is 8.32. The van der Waals surface area contributed by atoms with Gasteiger partial charge in [-0.25, -0.2) is 4.98 Å². The molecule has 1 fully saturated rings. The monoisotopic (exact) mass is 499 g/mol. The first-order valence-corrected chi connectivity index (χ1v) is 13.6. The molecule has 180 valence electrons. The minimum atomic E-state index is -0.0582. The Morgan fingerprint density at radius 2 is 1.94 bits per heavy atom. The van der Waals surface area contributed by atoms with Gasteiger partial charge in [0.15, 0.2) is 5.16 Å². The molecule has 2 aromatic heterocycles. The fraction of sp³-hybridized carbons (Fsp3) is 0.480. The van der Waals surface area contributed by atoms with E-state index in [0.29, 0.717) is 24.9 Å². The van der Waals surface area contributed by atoms with Gasteiger partial charge in [0.25, 0.3) is 5.56 Å². The van der Waals surface area contributed by atoms with Gasteiger partial charge in [-0.2, -0.15) is 0 Å². The molecule has 0 saturated carbocycles. The van der Waals surface area contributed by atoms with Crippen LogP contribution >= 0.6 is 23.1 Å². The van der Waals surface area contributed by atoms with Gasteiger partial charge in [0, 0.05) is 18.0 Å². The number of carbonyl (C=O) groups is 1. The minimum absolute atomic E-state index is 0.0164. The van der Waals surface area contributed by atoms with Crippen molar-refractivity contribution in [3.63, 3.8) is 0 Å². The number of thioether (sulfide) groups is 1. The maximum absolute atomic E-state index is 13.8. The topological polar surface area (TPSA) is 73.7 Å². The van der Waals surface area contributed by atoms with Crippen molar-refractivity contribution in [2.75, 3.05) is 25.4 Å². The second-order valence-electron chi connectivity index (χ2n) is 8.84. The van der Waals surface area contributed by atoms with Gasteiger partial charge in [0.1, 0.15) is 10.6 Å². The number of rotatable bonds is 6. The number of hydrogen-bond donors (Lipinski definition) is 0. The molecule has 34 heavy (non-hydrogen) atoms. The number of aromatic nitrogens is 2. The van der Waals surface area contributed by atoms with E-state index in [9.17, 15) is 9.59 Å². The molecular weight excluding hydrogens is 470 g/mol. The number of amides is 1. The summed E-state index contributed by atoms with van der Waals surface area (Å²) in [7, 11) is 0. The summed E-state index contributed by atoms with van der Waals surface area (Å²) in [5.41, 5.74) is 1.82. The molecular formula is C25H29N3O4S2. The predicted molar refractivity (Wildman–Crippen MR) is 136 cm³/mol. The zero-order valence-electron chi connectivity index (χ0n) is 19.7. The van der Waals surface area contributed by atoms with Crippen LogP contribution in [0.15, 0.2) is 34.2 Å². The highest BCUT2D eigenvalue weighted by molar-refractivity contribution is 7.99. The number of hydrogen-bond acceptors (Lipinski definition) is 7. The van der Waals surface area contributed by atoms with Crippen LogP contribution < -0.4 is 10.3 Å². The fourth-order valence-corrected chi connectivity index (χ4v) is 7.02. The summed E-state index contributed by atoms with van der Waals surface area (Å²) < 4.78 is 13.0. The molecule has 2 atom stereocenters. The highest BCUT2D eigenvalue weighted by Crippen LogP contribution is 2.36. The van der Waals surface area contributed by atoms with Gasteiger partial charge in [0.2, 0.25) is 5.91 Å². The Morgan fingerprint density at radius 3 is 2.65 bits per heavy atom. The van der Waals surface area contributed by atoms with Crippen molar-refractivity contribution in [1.82, 2.24) is 14.5 Å². The number of carbonyl (C=O) groups excluding carboxylic acids is 1. The Hall–Kier alpha value is -2.36. The zero-order chi connectivity index (χ0) is 23.8. The van der Waals surface area contributed by atoms with E-state index in [-0.39, 0.29) is 29.4 Å². The van der Waals surface area contributed by atoms with Gasteiger partial charge >= 0.3 is 0 Å². The number of thiophene rings is 1. The standard InChI is InChI=1S/C25H29N3O4S2/c1-4-31-18-10-8-17(9-11-18)28-24(30)22-19-6-5-7-20(19)34-23(22)26-25(28)33-14-21(29)27-12-15(2)32-16(3)13-27/h8-11,15-16H,4-7,12-14H2,1-3H3/t15-,16-/m0/s1. The number of benzene rings is 1. The van der Waals surface area contributed by atoms with Crippen molar-refractivity contribution < 1.29 is 14.3 Å². The van der Waals surface area contributed by atoms with Crippen LogP contribution in [-0.4, -0.2) is 58.0 Å². The average molecular weight is 500 g/mol. The van der Waals surface area contributed by atoms with Gasteiger partial charge in [-0.3, -0.25) is 14.2 Å². The number of fused-ring (bicyclic) bond motifs is 3. The molecule has 3 aromatic rings. The van der Waals surface area contributed by atoms with E-state index >= 15 is 0 Å². The van der Waals surface area contributed by atoms with Crippen LogP contribution in [0, 0.1) is 0 Å². The molecule has 1 aromatic carbocycles. The quantitative estimate of drug-likeness (QED) is 0.376. The van der Waals surface area contributed by atoms with Crippen molar-refractivity contribution >= 4 is 39.2 Å². The van der Waals surface area contributed by atoms with Crippen LogP contribution in [0.25, 0.3) is 15.9 Å². The summed E-state index contributed by atoms with van der Waals surface area (Å²) in [6.45, 7) is 7.65. The highest BCUT2D eigenvalue weighted by Gasteiger charge is 2.27. The average Bonchev–Trinajstić information content (AvgIpc) is 3.39. The molecule has 0 radical (unpaired) electrons. The van der Waals surface area contributed by atoms with Gasteiger partial charge in [0.05, 0.1) is 35.6 Å². The van der Waals surface area contributed by atoms with E-state index in [1.165, 1.54) is 16.6 Å². The van der Waals surface area contributed by atoms with Crippen LogP contribution in [0.4, 0.5) is 0 Å². The Balaban J connectivity index is 1.50.